The summed E-state index contributed by atoms with van der Waals surface area (Å²) in [4.78, 5) is 20.0. The molecular weight excluding hydrogens is 580 g/mol. The first-order valence-electron chi connectivity index (χ1n) is 12.9. The summed E-state index contributed by atoms with van der Waals surface area (Å²) in [7, 11) is 1.64. The molecule has 0 saturated carbocycles. The molecule has 216 valence electrons. The van der Waals surface area contributed by atoms with Crippen molar-refractivity contribution < 1.29 is 18.9 Å². The molecule has 16 heteroatoms. The van der Waals surface area contributed by atoms with Gasteiger partial charge in [0.05, 0.1) is 42.4 Å². The van der Waals surface area contributed by atoms with Gasteiger partial charge in [-0.05, 0) is 46.2 Å². The van der Waals surface area contributed by atoms with Gasteiger partial charge in [-0.15, -0.1) is 16.4 Å². The van der Waals surface area contributed by atoms with E-state index in [1.54, 1.807) is 36.4 Å². The number of aromatic nitrogens is 6. The number of para-hydroxylation sites is 1. The summed E-state index contributed by atoms with van der Waals surface area (Å²) >= 11 is 3.30. The van der Waals surface area contributed by atoms with E-state index in [4.69, 9.17) is 24.8 Å². The number of amides is 1. The largest absolute Gasteiger partial charge is 0.496 e. The number of hydrazone groups is 1. The Morgan fingerprint density at radius 1 is 1.24 bits per heavy atom. The lowest BCUT2D eigenvalue weighted by molar-refractivity contribution is 0.0332. The van der Waals surface area contributed by atoms with Crippen molar-refractivity contribution in [1.82, 2.24) is 40.6 Å². The van der Waals surface area contributed by atoms with E-state index in [1.807, 2.05) is 36.4 Å². The van der Waals surface area contributed by atoms with Gasteiger partial charge >= 0.3 is 0 Å². The number of carbonyl (C=O) groups is 1. The molecule has 0 radical (unpaired) electrons. The normalized spacial score (nSPS) is 14.1. The molecule has 1 fully saturated rings. The van der Waals surface area contributed by atoms with Crippen LogP contribution < -0.4 is 15.9 Å². The van der Waals surface area contributed by atoms with Gasteiger partial charge in [-0.1, -0.05) is 29.1 Å². The fraction of sp³-hybridized carbons (Fsp3) is 0.269. The number of hydrogen-bond donors (Lipinski definition) is 2. The first-order chi connectivity index (χ1) is 20.6. The van der Waals surface area contributed by atoms with Gasteiger partial charge in [0.15, 0.2) is 10.0 Å². The Labute approximate surface area is 247 Å². The predicted molar refractivity (Wildman–Crippen MR) is 157 cm³/mol. The highest BCUT2D eigenvalue weighted by atomic mass is 32.2. The molecule has 0 bridgehead atoms. The second-order valence-electron chi connectivity index (χ2n) is 9.16. The summed E-state index contributed by atoms with van der Waals surface area (Å²) in [6.45, 7) is 2.92. The van der Waals surface area contributed by atoms with Gasteiger partial charge in [-0.2, -0.15) is 9.78 Å². The SMILES string of the molecule is COc1ccc(/C=N/NC(=O)c2nnn(-c3nonc3N)c2CN2CCOCC2)cc1CSc1nc2ccccc2s1. The van der Waals surface area contributed by atoms with E-state index in [2.05, 4.69) is 42.1 Å². The van der Waals surface area contributed by atoms with E-state index in [9.17, 15) is 4.79 Å². The van der Waals surface area contributed by atoms with E-state index in [0.29, 0.717) is 44.3 Å². The van der Waals surface area contributed by atoms with Crippen LogP contribution in [-0.2, 0) is 17.0 Å². The van der Waals surface area contributed by atoms with Crippen LogP contribution in [0.3, 0.4) is 0 Å². The number of morpholine rings is 1. The molecule has 42 heavy (non-hydrogen) atoms. The molecule has 0 aliphatic carbocycles. The zero-order valence-corrected chi connectivity index (χ0v) is 24.1. The van der Waals surface area contributed by atoms with E-state index in [-0.39, 0.29) is 17.3 Å². The van der Waals surface area contributed by atoms with Crippen LogP contribution in [-0.4, -0.2) is 80.7 Å². The molecular formula is C26H26N10O4S2. The summed E-state index contributed by atoms with van der Waals surface area (Å²) in [6.07, 6.45) is 1.56. The molecule has 2 aromatic carbocycles. The van der Waals surface area contributed by atoms with Gasteiger partial charge in [-0.25, -0.2) is 15.0 Å². The third-order valence-electron chi connectivity index (χ3n) is 6.46. The van der Waals surface area contributed by atoms with Crippen molar-refractivity contribution in [2.75, 3.05) is 39.1 Å². The number of thioether (sulfide) groups is 1. The molecule has 1 aliphatic heterocycles. The molecule has 3 N–H and O–H groups in total. The summed E-state index contributed by atoms with van der Waals surface area (Å²) < 4.78 is 19.2. The highest BCUT2D eigenvalue weighted by Crippen LogP contribution is 2.33. The van der Waals surface area contributed by atoms with Crippen LogP contribution in [0.2, 0.25) is 0 Å². The Morgan fingerprint density at radius 2 is 2.10 bits per heavy atom. The number of thiazole rings is 1. The van der Waals surface area contributed by atoms with Crippen LogP contribution in [0.4, 0.5) is 5.82 Å². The molecule has 1 aliphatic rings. The summed E-state index contributed by atoms with van der Waals surface area (Å²) in [5, 5.41) is 19.8. The van der Waals surface area contributed by atoms with E-state index < -0.39 is 5.91 Å². The fourth-order valence-electron chi connectivity index (χ4n) is 4.36. The van der Waals surface area contributed by atoms with Gasteiger partial charge in [0.2, 0.25) is 11.6 Å². The first kappa shape index (κ1) is 27.8. The molecule has 1 saturated heterocycles. The van der Waals surface area contributed by atoms with Crippen molar-refractivity contribution in [1.29, 1.82) is 0 Å². The molecule has 0 spiro atoms. The smallest absolute Gasteiger partial charge is 0.293 e. The Bertz CT molecular complexity index is 1690. The Balaban J connectivity index is 1.16. The zero-order chi connectivity index (χ0) is 28.9. The number of anilines is 1. The quantitative estimate of drug-likeness (QED) is 0.135. The van der Waals surface area contributed by atoms with Crippen LogP contribution in [0.5, 0.6) is 5.75 Å². The number of ether oxygens (including phenoxy) is 2. The second-order valence-corrected chi connectivity index (χ2v) is 11.4. The number of fused-ring (bicyclic) bond motifs is 1. The van der Waals surface area contributed by atoms with Crippen molar-refractivity contribution in [3.63, 3.8) is 0 Å². The van der Waals surface area contributed by atoms with Gasteiger partial charge in [0.25, 0.3) is 5.91 Å². The van der Waals surface area contributed by atoms with Gasteiger partial charge in [0.1, 0.15) is 5.75 Å². The maximum Gasteiger partial charge on any atom is 0.293 e. The summed E-state index contributed by atoms with van der Waals surface area (Å²) in [6, 6.07) is 13.8. The standard InChI is InChI=1S/C26H26N10O4S2/c1-38-20-7-6-16(12-17(20)15-41-26-29-18-4-2-3-5-21(18)42-26)13-28-31-25(37)22-19(14-35-8-10-39-11-9-35)36(34-30-22)24-23(27)32-40-33-24/h2-7,12-13H,8-11,14-15H2,1H3,(H2,27,32)(H,31,37)/b28-13+. The minimum absolute atomic E-state index is 0.0321. The van der Waals surface area contributed by atoms with Crippen LogP contribution in [0.25, 0.3) is 16.0 Å². The van der Waals surface area contributed by atoms with Crippen LogP contribution in [0.1, 0.15) is 27.3 Å². The number of methoxy groups -OCH3 is 1. The number of benzene rings is 2. The predicted octanol–water partition coefficient (Wildman–Crippen LogP) is 2.74. The number of rotatable bonds is 10. The van der Waals surface area contributed by atoms with Crippen LogP contribution >= 0.6 is 23.1 Å². The molecule has 14 nitrogen and oxygen atoms in total. The van der Waals surface area contributed by atoms with E-state index in [1.165, 1.54) is 4.68 Å². The van der Waals surface area contributed by atoms with Crippen molar-refractivity contribution in [3.8, 4) is 11.6 Å². The maximum atomic E-state index is 13.2. The number of nitrogens with two attached hydrogens (primary N) is 1. The van der Waals surface area contributed by atoms with Crippen LogP contribution in [0.15, 0.2) is 56.5 Å². The lowest BCUT2D eigenvalue weighted by atomic mass is 10.1. The average molecular weight is 607 g/mol. The maximum absolute atomic E-state index is 13.2. The highest BCUT2D eigenvalue weighted by Gasteiger charge is 2.26. The lowest BCUT2D eigenvalue weighted by Crippen LogP contribution is -2.37. The molecule has 6 rings (SSSR count). The topological polar surface area (TPSA) is 172 Å². The van der Waals surface area contributed by atoms with E-state index in [0.717, 1.165) is 31.4 Å². The number of carbonyl (C=O) groups excluding carboxylic acids is 1. The Hall–Kier alpha value is -4.38. The first-order valence-corrected chi connectivity index (χ1v) is 14.7. The summed E-state index contributed by atoms with van der Waals surface area (Å²) in [5.41, 5.74) is 11.8. The molecule has 0 atom stereocenters. The number of nitrogens with zero attached hydrogens (tertiary/aromatic N) is 8. The van der Waals surface area contributed by atoms with E-state index >= 15 is 0 Å². The zero-order valence-electron chi connectivity index (χ0n) is 22.5. The van der Waals surface area contributed by atoms with Crippen molar-refractivity contribution in [3.05, 3.63) is 65.0 Å². The monoisotopic (exact) mass is 606 g/mol. The number of hydrogen-bond acceptors (Lipinski definition) is 14. The highest BCUT2D eigenvalue weighted by molar-refractivity contribution is 8.00. The lowest BCUT2D eigenvalue weighted by Gasteiger charge is -2.26. The fourth-order valence-corrected chi connectivity index (χ4v) is 6.41. The molecule has 0 unspecified atom stereocenters. The second kappa shape index (κ2) is 12.6. The third kappa shape index (κ3) is 6.11. The van der Waals surface area contributed by atoms with Gasteiger partial charge in [0, 0.05) is 31.0 Å². The minimum atomic E-state index is -0.532. The van der Waals surface area contributed by atoms with Crippen molar-refractivity contribution in [2.24, 2.45) is 5.10 Å². The Kier molecular flexibility index (Phi) is 8.36. The van der Waals surface area contributed by atoms with Gasteiger partial charge in [-0.3, -0.25) is 9.69 Å². The average Bonchev–Trinajstić information content (AvgIpc) is 3.74. The number of nitrogens with one attached hydrogen (secondary N) is 1. The third-order valence-corrected chi connectivity index (χ3v) is 8.69. The van der Waals surface area contributed by atoms with Crippen LogP contribution in [0, 0.1) is 0 Å². The molecule has 5 aromatic rings. The number of nitrogen functional groups attached to an aromatic ring is 1. The van der Waals surface area contributed by atoms with Gasteiger partial charge < -0.3 is 15.2 Å². The minimum Gasteiger partial charge on any atom is -0.496 e. The van der Waals surface area contributed by atoms with Crippen molar-refractivity contribution in [2.45, 2.75) is 16.6 Å². The molecule has 1 amide bonds. The molecule has 4 heterocycles. The molecule has 3 aromatic heterocycles. The Morgan fingerprint density at radius 3 is 2.88 bits per heavy atom. The van der Waals surface area contributed by atoms with Crippen molar-refractivity contribution >= 4 is 51.3 Å². The summed E-state index contributed by atoms with van der Waals surface area (Å²) in [5.74, 6) is 1.07.